The van der Waals surface area contributed by atoms with E-state index >= 15 is 0 Å². The van der Waals surface area contributed by atoms with E-state index in [0.717, 1.165) is 17.8 Å². The number of thioether (sulfide) groups is 1. The van der Waals surface area contributed by atoms with Gasteiger partial charge in [-0.15, -0.1) is 11.8 Å². The van der Waals surface area contributed by atoms with Crippen LogP contribution in [0.4, 0.5) is 4.39 Å². The zero-order valence-corrected chi connectivity index (χ0v) is 9.28. The molecule has 1 N–H and O–H groups in total. The number of carboxylic acids is 1. The van der Waals surface area contributed by atoms with E-state index in [1.807, 2.05) is 0 Å². The van der Waals surface area contributed by atoms with Gasteiger partial charge in [-0.05, 0) is 18.2 Å². The van der Waals surface area contributed by atoms with Gasteiger partial charge in [0.1, 0.15) is 5.82 Å². The summed E-state index contributed by atoms with van der Waals surface area (Å²) in [6, 6.07) is 3.63. The van der Waals surface area contributed by atoms with Crippen molar-refractivity contribution in [1.82, 2.24) is 10.1 Å². The summed E-state index contributed by atoms with van der Waals surface area (Å²) in [6.07, 6.45) is 1.18. The molecule has 0 atom stereocenters. The largest absolute Gasteiger partial charge is 0.478 e. The number of rotatable bonds is 4. The molecule has 0 aliphatic rings. The molecule has 17 heavy (non-hydrogen) atoms. The summed E-state index contributed by atoms with van der Waals surface area (Å²) in [5.41, 5.74) is 0.0435. The Hall–Kier alpha value is -1.89. The van der Waals surface area contributed by atoms with Crippen LogP contribution in [-0.4, -0.2) is 21.2 Å². The van der Waals surface area contributed by atoms with Crippen LogP contribution in [0.3, 0.4) is 0 Å². The maximum atomic E-state index is 13.4. The van der Waals surface area contributed by atoms with Crippen LogP contribution in [-0.2, 0) is 5.75 Å². The summed E-state index contributed by atoms with van der Waals surface area (Å²) in [7, 11) is 0. The first-order valence-electron chi connectivity index (χ1n) is 4.57. The van der Waals surface area contributed by atoms with Crippen molar-refractivity contribution in [2.75, 3.05) is 0 Å². The fourth-order valence-corrected chi connectivity index (χ4v) is 1.97. The minimum absolute atomic E-state index is 0.0435. The smallest absolute Gasteiger partial charge is 0.335 e. The lowest BCUT2D eigenvalue weighted by Gasteiger charge is -2.02. The second-order valence-corrected chi connectivity index (χ2v) is 4.10. The van der Waals surface area contributed by atoms with Gasteiger partial charge < -0.3 is 9.63 Å². The summed E-state index contributed by atoms with van der Waals surface area (Å²) in [5.74, 6) is -0.818. The SMILES string of the molecule is O=C(O)c1ccc(F)c(SCc2ncon2)c1. The van der Waals surface area contributed by atoms with Crippen molar-refractivity contribution >= 4 is 17.7 Å². The van der Waals surface area contributed by atoms with Gasteiger partial charge in [0.2, 0.25) is 6.39 Å². The fraction of sp³-hybridized carbons (Fsp3) is 0.100. The number of hydrogen-bond acceptors (Lipinski definition) is 5. The van der Waals surface area contributed by atoms with Gasteiger partial charge in [-0.1, -0.05) is 5.16 Å². The fourth-order valence-electron chi connectivity index (χ4n) is 1.15. The van der Waals surface area contributed by atoms with Gasteiger partial charge in [-0.2, -0.15) is 4.98 Å². The van der Waals surface area contributed by atoms with Crippen molar-refractivity contribution in [1.29, 1.82) is 0 Å². The van der Waals surface area contributed by atoms with Crippen molar-refractivity contribution in [2.24, 2.45) is 0 Å². The van der Waals surface area contributed by atoms with Gasteiger partial charge in [0.25, 0.3) is 0 Å². The van der Waals surface area contributed by atoms with Gasteiger partial charge >= 0.3 is 5.97 Å². The molecule has 0 aliphatic carbocycles. The summed E-state index contributed by atoms with van der Waals surface area (Å²) in [6.45, 7) is 0. The zero-order valence-electron chi connectivity index (χ0n) is 8.46. The predicted molar refractivity (Wildman–Crippen MR) is 57.2 cm³/mol. The lowest BCUT2D eigenvalue weighted by molar-refractivity contribution is 0.0696. The first kappa shape index (κ1) is 11.6. The molecule has 1 heterocycles. The molecule has 0 saturated carbocycles. The summed E-state index contributed by atoms with van der Waals surface area (Å²) < 4.78 is 17.9. The number of carboxylic acid groups (broad SMARTS) is 1. The summed E-state index contributed by atoms with van der Waals surface area (Å²) in [4.78, 5) is 14.8. The number of hydrogen-bond donors (Lipinski definition) is 1. The molecular weight excluding hydrogens is 247 g/mol. The van der Waals surface area contributed by atoms with E-state index in [-0.39, 0.29) is 10.5 Å². The molecule has 7 heteroatoms. The molecule has 0 saturated heterocycles. The van der Waals surface area contributed by atoms with Gasteiger partial charge in [0, 0.05) is 4.90 Å². The molecule has 0 bridgehead atoms. The molecule has 0 amide bonds. The Morgan fingerprint density at radius 3 is 3.00 bits per heavy atom. The third-order valence-electron chi connectivity index (χ3n) is 1.94. The average molecular weight is 254 g/mol. The monoisotopic (exact) mass is 254 g/mol. The third kappa shape index (κ3) is 2.82. The predicted octanol–water partition coefficient (Wildman–Crippen LogP) is 2.20. The number of aromatic nitrogens is 2. The lowest BCUT2D eigenvalue weighted by Crippen LogP contribution is -1.97. The number of carbonyl (C=O) groups is 1. The second-order valence-electron chi connectivity index (χ2n) is 3.09. The lowest BCUT2D eigenvalue weighted by atomic mass is 10.2. The second kappa shape index (κ2) is 4.96. The highest BCUT2D eigenvalue weighted by atomic mass is 32.2. The number of benzene rings is 1. The van der Waals surface area contributed by atoms with Crippen LogP contribution in [0.2, 0.25) is 0 Å². The van der Waals surface area contributed by atoms with Crippen molar-refractivity contribution in [3.63, 3.8) is 0 Å². The Morgan fingerprint density at radius 1 is 1.53 bits per heavy atom. The quantitative estimate of drug-likeness (QED) is 0.843. The Labute approximate surface area is 99.6 Å². The van der Waals surface area contributed by atoms with Crippen molar-refractivity contribution in [3.05, 3.63) is 41.8 Å². The van der Waals surface area contributed by atoms with Gasteiger partial charge in [0.05, 0.1) is 11.3 Å². The molecule has 0 spiro atoms. The van der Waals surface area contributed by atoms with E-state index in [1.165, 1.54) is 18.5 Å². The van der Waals surface area contributed by atoms with Crippen molar-refractivity contribution < 1.29 is 18.8 Å². The average Bonchev–Trinajstić information content (AvgIpc) is 2.80. The third-order valence-corrected chi connectivity index (χ3v) is 2.97. The molecule has 5 nitrogen and oxygen atoms in total. The number of nitrogens with zero attached hydrogens (tertiary/aromatic N) is 2. The normalized spacial score (nSPS) is 10.4. The first-order chi connectivity index (χ1) is 8.16. The van der Waals surface area contributed by atoms with Gasteiger partial charge in [-0.3, -0.25) is 0 Å². The van der Waals surface area contributed by atoms with Crippen LogP contribution in [0.25, 0.3) is 0 Å². The van der Waals surface area contributed by atoms with Crippen LogP contribution < -0.4 is 0 Å². The summed E-state index contributed by atoms with van der Waals surface area (Å²) in [5, 5.41) is 12.4. The molecule has 88 valence electrons. The van der Waals surface area contributed by atoms with Crippen LogP contribution in [0, 0.1) is 5.82 Å². The minimum Gasteiger partial charge on any atom is -0.478 e. The molecule has 0 aliphatic heterocycles. The van der Waals surface area contributed by atoms with E-state index in [2.05, 4.69) is 14.7 Å². The van der Waals surface area contributed by atoms with Gasteiger partial charge in [0.15, 0.2) is 5.82 Å². The Balaban J connectivity index is 2.14. The molecule has 1 aromatic heterocycles. The maximum absolute atomic E-state index is 13.4. The van der Waals surface area contributed by atoms with E-state index in [9.17, 15) is 9.18 Å². The summed E-state index contributed by atoms with van der Waals surface area (Å²) >= 11 is 1.11. The van der Waals surface area contributed by atoms with E-state index in [0.29, 0.717) is 11.6 Å². The highest BCUT2D eigenvalue weighted by Gasteiger charge is 2.10. The first-order valence-corrected chi connectivity index (χ1v) is 5.56. The molecule has 0 radical (unpaired) electrons. The van der Waals surface area contributed by atoms with Crippen LogP contribution in [0.15, 0.2) is 34.0 Å². The van der Waals surface area contributed by atoms with E-state index in [1.54, 1.807) is 0 Å². The topological polar surface area (TPSA) is 76.2 Å². The maximum Gasteiger partial charge on any atom is 0.335 e. The molecule has 1 aromatic carbocycles. The molecule has 2 aromatic rings. The highest BCUT2D eigenvalue weighted by molar-refractivity contribution is 7.98. The molecule has 0 unspecified atom stereocenters. The Bertz CT molecular complexity index is 530. The Kier molecular flexibility index (Phi) is 3.38. The minimum atomic E-state index is -1.09. The van der Waals surface area contributed by atoms with E-state index in [4.69, 9.17) is 5.11 Å². The highest BCUT2D eigenvalue weighted by Crippen LogP contribution is 2.25. The Morgan fingerprint density at radius 2 is 2.35 bits per heavy atom. The van der Waals surface area contributed by atoms with Crippen molar-refractivity contribution in [3.8, 4) is 0 Å². The number of aromatic carboxylic acids is 1. The van der Waals surface area contributed by atoms with Gasteiger partial charge in [-0.25, -0.2) is 9.18 Å². The zero-order chi connectivity index (χ0) is 12.3. The number of halogens is 1. The van der Waals surface area contributed by atoms with Crippen LogP contribution >= 0.6 is 11.8 Å². The molecule has 0 fully saturated rings. The standard InChI is InChI=1S/C10H7FN2O3S/c11-7-2-1-6(10(14)15)3-8(7)17-4-9-12-5-16-13-9/h1-3,5H,4H2,(H,14,15). The molecule has 2 rings (SSSR count). The van der Waals surface area contributed by atoms with Crippen LogP contribution in [0.5, 0.6) is 0 Å². The van der Waals surface area contributed by atoms with Crippen LogP contribution in [0.1, 0.15) is 16.2 Å². The van der Waals surface area contributed by atoms with Crippen molar-refractivity contribution in [2.45, 2.75) is 10.6 Å². The molecular formula is C10H7FN2O3S. The van der Waals surface area contributed by atoms with E-state index < -0.39 is 11.8 Å².